The summed E-state index contributed by atoms with van der Waals surface area (Å²) in [7, 11) is -7.31. The highest BCUT2D eigenvalue weighted by Crippen LogP contribution is 2.34. The number of pyridine rings is 1. The van der Waals surface area contributed by atoms with Crippen molar-refractivity contribution in [3.05, 3.63) is 77.0 Å². The third kappa shape index (κ3) is 3.68. The lowest BCUT2D eigenvalue weighted by atomic mass is 10.1. The van der Waals surface area contributed by atoms with Gasteiger partial charge in [-0.05, 0) is 58.7 Å². The Labute approximate surface area is 183 Å². The Morgan fingerprint density at radius 1 is 0.933 bits per heavy atom. The monoisotopic (exact) mass is 504 g/mol. The van der Waals surface area contributed by atoms with Gasteiger partial charge in [-0.3, -0.25) is 0 Å². The fourth-order valence-corrected chi connectivity index (χ4v) is 5.51. The van der Waals surface area contributed by atoms with Crippen molar-refractivity contribution in [3.63, 3.8) is 0 Å². The Hall–Kier alpha value is -2.49. The number of rotatable bonds is 4. The van der Waals surface area contributed by atoms with Crippen LogP contribution < -0.4 is 0 Å². The lowest BCUT2D eigenvalue weighted by molar-refractivity contribution is 0.588. The maximum absolute atomic E-state index is 13.3. The molecule has 6 nitrogen and oxygen atoms in total. The topological polar surface area (TPSA) is 86.1 Å². The molecule has 9 heteroatoms. The van der Waals surface area contributed by atoms with Crippen LogP contribution in [0.15, 0.2) is 81.3 Å². The van der Waals surface area contributed by atoms with Gasteiger partial charge in [0.1, 0.15) is 0 Å². The van der Waals surface area contributed by atoms with E-state index in [-0.39, 0.29) is 15.4 Å². The SMILES string of the molecule is Cc1ccc(S(=O)(=O)n2cc(-c3cccc(S(C)(=O)=O)c3)c3cc(Br)cnc32)cc1. The molecule has 0 atom stereocenters. The lowest BCUT2D eigenvalue weighted by Gasteiger charge is -2.07. The quantitative estimate of drug-likeness (QED) is 0.410. The van der Waals surface area contributed by atoms with E-state index in [0.717, 1.165) is 15.8 Å². The Morgan fingerprint density at radius 2 is 1.63 bits per heavy atom. The maximum Gasteiger partial charge on any atom is 0.269 e. The van der Waals surface area contributed by atoms with E-state index < -0.39 is 19.9 Å². The number of benzene rings is 2. The summed E-state index contributed by atoms with van der Waals surface area (Å²) >= 11 is 3.38. The Bertz CT molecular complexity index is 1490. The van der Waals surface area contributed by atoms with E-state index in [0.29, 0.717) is 21.0 Å². The predicted octanol–water partition coefficient (Wildman–Crippen LogP) is 4.41. The predicted molar refractivity (Wildman–Crippen MR) is 120 cm³/mol. The van der Waals surface area contributed by atoms with Crippen LogP contribution in [0.5, 0.6) is 0 Å². The molecule has 4 rings (SSSR count). The molecule has 2 aromatic carbocycles. The summed E-state index contributed by atoms with van der Waals surface area (Å²) in [6.45, 7) is 1.88. The van der Waals surface area contributed by atoms with Crippen LogP contribution in [-0.2, 0) is 19.9 Å². The highest BCUT2D eigenvalue weighted by Gasteiger charge is 2.23. The molecule has 0 unspecified atom stereocenters. The van der Waals surface area contributed by atoms with Gasteiger partial charge in [-0.25, -0.2) is 25.8 Å². The first-order valence-electron chi connectivity index (χ1n) is 8.87. The minimum Gasteiger partial charge on any atom is -0.236 e. The fourth-order valence-electron chi connectivity index (χ4n) is 3.19. The van der Waals surface area contributed by atoms with Crippen LogP contribution in [0.2, 0.25) is 0 Å². The van der Waals surface area contributed by atoms with Crippen LogP contribution in [0, 0.1) is 6.92 Å². The molecule has 0 radical (unpaired) electrons. The molecule has 0 saturated carbocycles. The van der Waals surface area contributed by atoms with E-state index >= 15 is 0 Å². The summed E-state index contributed by atoms with van der Waals surface area (Å²) < 4.78 is 52.5. The van der Waals surface area contributed by atoms with Crippen molar-refractivity contribution < 1.29 is 16.8 Å². The van der Waals surface area contributed by atoms with Gasteiger partial charge in [-0.15, -0.1) is 0 Å². The van der Waals surface area contributed by atoms with Crippen molar-refractivity contribution in [2.24, 2.45) is 0 Å². The second kappa shape index (κ2) is 7.33. The second-order valence-electron chi connectivity index (χ2n) is 6.98. The molecule has 0 aliphatic rings. The average Bonchev–Trinajstić information content (AvgIpc) is 3.07. The van der Waals surface area contributed by atoms with Crippen molar-refractivity contribution in [3.8, 4) is 11.1 Å². The maximum atomic E-state index is 13.3. The van der Waals surface area contributed by atoms with E-state index in [9.17, 15) is 16.8 Å². The van der Waals surface area contributed by atoms with Crippen LogP contribution in [-0.4, -0.2) is 32.0 Å². The van der Waals surface area contributed by atoms with Gasteiger partial charge in [0.05, 0.1) is 9.79 Å². The van der Waals surface area contributed by atoms with Crippen molar-refractivity contribution in [2.75, 3.05) is 6.26 Å². The normalized spacial score (nSPS) is 12.4. The average molecular weight is 505 g/mol. The number of hydrogen-bond donors (Lipinski definition) is 0. The summed E-state index contributed by atoms with van der Waals surface area (Å²) in [6, 6.07) is 14.8. The number of nitrogens with zero attached hydrogens (tertiary/aromatic N) is 2. The molecule has 0 spiro atoms. The van der Waals surface area contributed by atoms with Crippen LogP contribution >= 0.6 is 15.9 Å². The van der Waals surface area contributed by atoms with Crippen LogP contribution in [0.1, 0.15) is 5.56 Å². The van der Waals surface area contributed by atoms with Crippen LogP contribution in [0.3, 0.4) is 0 Å². The number of fused-ring (bicyclic) bond motifs is 1. The molecule has 0 amide bonds. The van der Waals surface area contributed by atoms with Gasteiger partial charge in [-0.2, -0.15) is 0 Å². The van der Waals surface area contributed by atoms with Crippen molar-refractivity contribution in [1.82, 2.24) is 8.96 Å². The highest BCUT2D eigenvalue weighted by atomic mass is 79.9. The standard InChI is InChI=1S/C21H17BrN2O4S2/c1-14-6-8-17(9-7-14)30(27,28)24-13-20(19-11-16(22)12-23-21(19)24)15-4-3-5-18(10-15)29(2,25)26/h3-13H,1-2H3. The van der Waals surface area contributed by atoms with E-state index in [1.54, 1.807) is 42.5 Å². The molecule has 2 heterocycles. The fraction of sp³-hybridized carbons (Fsp3) is 0.0952. The summed E-state index contributed by atoms with van der Waals surface area (Å²) in [5.74, 6) is 0. The molecule has 0 aliphatic heterocycles. The largest absolute Gasteiger partial charge is 0.269 e. The summed E-state index contributed by atoms with van der Waals surface area (Å²) in [6.07, 6.45) is 4.15. The zero-order chi connectivity index (χ0) is 21.7. The van der Waals surface area contributed by atoms with Crippen molar-refractivity contribution >= 4 is 46.8 Å². The third-order valence-corrected chi connectivity index (χ3v) is 7.94. The minimum atomic E-state index is -3.90. The van der Waals surface area contributed by atoms with E-state index in [1.807, 2.05) is 6.92 Å². The second-order valence-corrected chi connectivity index (χ2v) is 11.7. The molecule has 0 saturated heterocycles. The van der Waals surface area contributed by atoms with Crippen molar-refractivity contribution in [1.29, 1.82) is 0 Å². The summed E-state index contributed by atoms with van der Waals surface area (Å²) in [4.78, 5) is 4.63. The smallest absolute Gasteiger partial charge is 0.236 e. The van der Waals surface area contributed by atoms with E-state index in [2.05, 4.69) is 20.9 Å². The molecular weight excluding hydrogens is 488 g/mol. The first-order valence-corrected chi connectivity index (χ1v) is 13.0. The molecule has 30 heavy (non-hydrogen) atoms. The molecule has 0 N–H and O–H groups in total. The van der Waals surface area contributed by atoms with Gasteiger partial charge >= 0.3 is 0 Å². The molecule has 2 aromatic heterocycles. The number of hydrogen-bond acceptors (Lipinski definition) is 5. The highest BCUT2D eigenvalue weighted by molar-refractivity contribution is 9.10. The number of halogens is 1. The zero-order valence-electron chi connectivity index (χ0n) is 16.1. The summed E-state index contributed by atoms with van der Waals surface area (Å²) in [5, 5.41) is 0.589. The van der Waals surface area contributed by atoms with E-state index in [4.69, 9.17) is 0 Å². The number of aromatic nitrogens is 2. The lowest BCUT2D eigenvalue weighted by Crippen LogP contribution is -2.12. The Kier molecular flexibility index (Phi) is 5.08. The molecule has 0 aliphatic carbocycles. The zero-order valence-corrected chi connectivity index (χ0v) is 19.3. The van der Waals surface area contributed by atoms with Gasteiger partial charge in [0.15, 0.2) is 15.5 Å². The first-order chi connectivity index (χ1) is 14.1. The first kappa shape index (κ1) is 20.8. The van der Waals surface area contributed by atoms with Crippen LogP contribution in [0.4, 0.5) is 0 Å². The van der Waals surface area contributed by atoms with Gasteiger partial charge in [0.25, 0.3) is 10.0 Å². The Balaban J connectivity index is 2.00. The Morgan fingerprint density at radius 3 is 2.30 bits per heavy atom. The number of aryl methyl sites for hydroxylation is 1. The van der Waals surface area contributed by atoms with Gasteiger partial charge in [-0.1, -0.05) is 29.8 Å². The number of sulfone groups is 1. The summed E-state index contributed by atoms with van der Waals surface area (Å²) in [5.41, 5.74) is 2.37. The van der Waals surface area contributed by atoms with E-state index in [1.165, 1.54) is 24.5 Å². The third-order valence-electron chi connectivity index (χ3n) is 4.73. The molecule has 0 fully saturated rings. The molecule has 4 aromatic rings. The molecular formula is C21H17BrN2O4S2. The van der Waals surface area contributed by atoms with Gasteiger partial charge < -0.3 is 0 Å². The molecule has 154 valence electrons. The van der Waals surface area contributed by atoms with Crippen molar-refractivity contribution in [2.45, 2.75) is 16.7 Å². The van der Waals surface area contributed by atoms with Gasteiger partial charge in [0.2, 0.25) is 0 Å². The minimum absolute atomic E-state index is 0.145. The van der Waals surface area contributed by atoms with Crippen LogP contribution in [0.25, 0.3) is 22.2 Å². The van der Waals surface area contributed by atoms with Gasteiger partial charge in [0, 0.05) is 34.1 Å². The molecule has 0 bridgehead atoms.